The van der Waals surface area contributed by atoms with Crippen molar-refractivity contribution in [1.29, 1.82) is 0 Å². The minimum absolute atomic E-state index is 0.233. The smallest absolute Gasteiger partial charge is 0.124 e. The lowest BCUT2D eigenvalue weighted by Gasteiger charge is -2.20. The van der Waals surface area contributed by atoms with Gasteiger partial charge in [0.05, 0.1) is 0 Å². The topological polar surface area (TPSA) is 21.3 Å². The molecule has 0 amide bonds. The van der Waals surface area contributed by atoms with Crippen LogP contribution in [0.1, 0.15) is 37.4 Å². The molecule has 0 heterocycles. The minimum Gasteiger partial charge on any atom is -0.489 e. The number of benzene rings is 2. The molecule has 1 atom stereocenters. The molecule has 0 saturated carbocycles. The Hall–Kier alpha value is -1.87. The second kappa shape index (κ2) is 7.79. The second-order valence-corrected chi connectivity index (χ2v) is 4.97. The number of nitrogens with one attached hydrogen (secondary N) is 1. The molecule has 1 N–H and O–H groups in total. The number of hydrogen-bond acceptors (Lipinski definition) is 2. The van der Waals surface area contributed by atoms with Gasteiger partial charge in [-0.15, -0.1) is 0 Å². The summed E-state index contributed by atoms with van der Waals surface area (Å²) < 4.78 is 19.1. The number of rotatable bonds is 7. The molecule has 112 valence electrons. The van der Waals surface area contributed by atoms with Crippen molar-refractivity contribution in [2.75, 3.05) is 6.54 Å². The van der Waals surface area contributed by atoms with Gasteiger partial charge in [-0.3, -0.25) is 0 Å². The third-order valence-electron chi connectivity index (χ3n) is 3.44. The van der Waals surface area contributed by atoms with Crippen LogP contribution in [-0.2, 0) is 6.61 Å². The van der Waals surface area contributed by atoms with E-state index in [1.807, 2.05) is 24.3 Å². The van der Waals surface area contributed by atoms with Crippen molar-refractivity contribution in [3.8, 4) is 5.75 Å². The zero-order valence-corrected chi connectivity index (χ0v) is 12.6. The van der Waals surface area contributed by atoms with Crippen LogP contribution in [-0.4, -0.2) is 6.54 Å². The molecule has 0 radical (unpaired) electrons. The van der Waals surface area contributed by atoms with E-state index in [-0.39, 0.29) is 11.9 Å². The third-order valence-corrected chi connectivity index (χ3v) is 3.44. The summed E-state index contributed by atoms with van der Waals surface area (Å²) >= 11 is 0. The molecule has 0 aliphatic heterocycles. The number of para-hydroxylation sites is 1. The largest absolute Gasteiger partial charge is 0.489 e. The van der Waals surface area contributed by atoms with Crippen LogP contribution in [0.4, 0.5) is 4.39 Å². The van der Waals surface area contributed by atoms with Crippen molar-refractivity contribution in [1.82, 2.24) is 5.32 Å². The Bertz CT molecular complexity index is 571. The predicted molar refractivity (Wildman–Crippen MR) is 83.9 cm³/mol. The van der Waals surface area contributed by atoms with E-state index in [1.165, 1.54) is 12.1 Å². The van der Waals surface area contributed by atoms with E-state index < -0.39 is 0 Å². The summed E-state index contributed by atoms with van der Waals surface area (Å²) in [7, 11) is 0. The van der Waals surface area contributed by atoms with Crippen LogP contribution in [0.25, 0.3) is 0 Å². The summed E-state index contributed by atoms with van der Waals surface area (Å²) in [5.41, 5.74) is 1.99. The van der Waals surface area contributed by atoms with Crippen molar-refractivity contribution in [3.05, 3.63) is 65.5 Å². The lowest BCUT2D eigenvalue weighted by Crippen LogP contribution is -2.20. The first-order valence-electron chi connectivity index (χ1n) is 7.44. The summed E-state index contributed by atoms with van der Waals surface area (Å²) in [6.45, 7) is 5.53. The van der Waals surface area contributed by atoms with Gasteiger partial charge in [0.1, 0.15) is 18.2 Å². The van der Waals surface area contributed by atoms with Crippen molar-refractivity contribution in [2.45, 2.75) is 32.9 Å². The van der Waals surface area contributed by atoms with Crippen molar-refractivity contribution in [3.63, 3.8) is 0 Å². The van der Waals surface area contributed by atoms with Crippen LogP contribution in [0.2, 0.25) is 0 Å². The summed E-state index contributed by atoms with van der Waals surface area (Å²) in [5.74, 6) is 0.623. The Labute approximate surface area is 126 Å². The van der Waals surface area contributed by atoms with E-state index >= 15 is 0 Å². The molecular weight excluding hydrogens is 265 g/mol. The standard InChI is InChI=1S/C18H22FNO/c1-3-17(20-4-2)16-10-5-6-11-18(16)21-13-14-8-7-9-15(19)12-14/h5-12,17,20H,3-4,13H2,1-2H3. The highest BCUT2D eigenvalue weighted by molar-refractivity contribution is 5.36. The molecule has 0 spiro atoms. The van der Waals surface area contributed by atoms with E-state index in [4.69, 9.17) is 4.74 Å². The van der Waals surface area contributed by atoms with E-state index in [2.05, 4.69) is 25.2 Å². The van der Waals surface area contributed by atoms with Gasteiger partial charge in [-0.1, -0.05) is 44.2 Å². The van der Waals surface area contributed by atoms with Crippen molar-refractivity contribution >= 4 is 0 Å². The van der Waals surface area contributed by atoms with E-state index in [0.29, 0.717) is 6.61 Å². The summed E-state index contributed by atoms with van der Waals surface area (Å²) in [5, 5.41) is 3.46. The van der Waals surface area contributed by atoms with Crippen LogP contribution in [0.15, 0.2) is 48.5 Å². The maximum Gasteiger partial charge on any atom is 0.124 e. The lowest BCUT2D eigenvalue weighted by molar-refractivity contribution is 0.298. The third kappa shape index (κ3) is 4.30. The number of halogens is 1. The Balaban J connectivity index is 2.12. The van der Waals surface area contributed by atoms with Crippen molar-refractivity contribution in [2.24, 2.45) is 0 Å². The maximum atomic E-state index is 13.2. The van der Waals surface area contributed by atoms with Crippen LogP contribution in [0.5, 0.6) is 5.75 Å². The van der Waals surface area contributed by atoms with E-state index in [0.717, 1.165) is 29.8 Å². The Morgan fingerprint density at radius 2 is 1.90 bits per heavy atom. The predicted octanol–water partition coefficient (Wildman–Crippen LogP) is 4.47. The van der Waals surface area contributed by atoms with Crippen LogP contribution < -0.4 is 10.1 Å². The minimum atomic E-state index is -0.233. The zero-order chi connectivity index (χ0) is 15.1. The molecule has 2 rings (SSSR count). The maximum absolute atomic E-state index is 13.2. The molecule has 21 heavy (non-hydrogen) atoms. The fourth-order valence-electron chi connectivity index (χ4n) is 2.41. The molecule has 0 fully saturated rings. The molecule has 0 aliphatic carbocycles. The SMILES string of the molecule is CCNC(CC)c1ccccc1OCc1cccc(F)c1. The molecule has 2 aromatic rings. The van der Waals surface area contributed by atoms with Gasteiger partial charge in [0.2, 0.25) is 0 Å². The first-order chi connectivity index (χ1) is 10.2. The highest BCUT2D eigenvalue weighted by atomic mass is 19.1. The van der Waals surface area contributed by atoms with Gasteiger partial charge in [0, 0.05) is 11.6 Å². The quantitative estimate of drug-likeness (QED) is 0.811. The molecular formula is C18H22FNO. The zero-order valence-electron chi connectivity index (χ0n) is 12.6. The average molecular weight is 287 g/mol. The highest BCUT2D eigenvalue weighted by Gasteiger charge is 2.13. The molecule has 0 aromatic heterocycles. The first kappa shape index (κ1) is 15.5. The molecule has 0 saturated heterocycles. The fourth-order valence-corrected chi connectivity index (χ4v) is 2.41. The van der Waals surface area contributed by atoms with Gasteiger partial charge in [0.15, 0.2) is 0 Å². The fraction of sp³-hybridized carbons (Fsp3) is 0.333. The van der Waals surface area contributed by atoms with Gasteiger partial charge in [-0.05, 0) is 36.7 Å². The Morgan fingerprint density at radius 1 is 1.10 bits per heavy atom. The molecule has 1 unspecified atom stereocenters. The summed E-state index contributed by atoms with van der Waals surface area (Å²) in [4.78, 5) is 0. The monoisotopic (exact) mass is 287 g/mol. The van der Waals surface area contributed by atoms with Gasteiger partial charge in [-0.25, -0.2) is 4.39 Å². The summed E-state index contributed by atoms with van der Waals surface area (Å²) in [6, 6.07) is 14.8. The lowest BCUT2D eigenvalue weighted by atomic mass is 10.0. The van der Waals surface area contributed by atoms with Gasteiger partial charge < -0.3 is 10.1 Å². The van der Waals surface area contributed by atoms with Crippen LogP contribution >= 0.6 is 0 Å². The molecule has 2 aromatic carbocycles. The normalized spacial score (nSPS) is 12.1. The second-order valence-electron chi connectivity index (χ2n) is 4.97. The molecule has 0 bridgehead atoms. The summed E-state index contributed by atoms with van der Waals surface area (Å²) in [6.07, 6.45) is 0.994. The first-order valence-corrected chi connectivity index (χ1v) is 7.44. The average Bonchev–Trinajstić information content (AvgIpc) is 2.51. The highest BCUT2D eigenvalue weighted by Crippen LogP contribution is 2.27. The number of ether oxygens (including phenoxy) is 1. The van der Waals surface area contributed by atoms with Gasteiger partial charge >= 0.3 is 0 Å². The molecule has 2 nitrogen and oxygen atoms in total. The van der Waals surface area contributed by atoms with Crippen molar-refractivity contribution < 1.29 is 9.13 Å². The Kier molecular flexibility index (Phi) is 5.76. The Morgan fingerprint density at radius 3 is 2.62 bits per heavy atom. The van der Waals surface area contributed by atoms with E-state index in [1.54, 1.807) is 6.07 Å². The molecule has 0 aliphatic rings. The molecule has 3 heteroatoms. The van der Waals surface area contributed by atoms with Gasteiger partial charge in [0.25, 0.3) is 0 Å². The van der Waals surface area contributed by atoms with E-state index in [9.17, 15) is 4.39 Å². The van der Waals surface area contributed by atoms with Gasteiger partial charge in [-0.2, -0.15) is 0 Å². The van der Waals surface area contributed by atoms with Crippen LogP contribution in [0.3, 0.4) is 0 Å². The number of hydrogen-bond donors (Lipinski definition) is 1. The van der Waals surface area contributed by atoms with Crippen LogP contribution in [0, 0.1) is 5.82 Å².